The summed E-state index contributed by atoms with van der Waals surface area (Å²) in [5, 5.41) is 8.50. The van der Waals surface area contributed by atoms with Crippen molar-refractivity contribution in [3.8, 4) is 6.07 Å². The summed E-state index contributed by atoms with van der Waals surface area (Å²) in [7, 11) is 0. The lowest BCUT2D eigenvalue weighted by Crippen LogP contribution is -1.72. The molecule has 0 aromatic heterocycles. The molecule has 1 nitrogen and oxygen atoms in total. The molecule has 0 saturated carbocycles. The van der Waals surface area contributed by atoms with Crippen molar-refractivity contribution in [2.75, 3.05) is 0 Å². The zero-order valence-electron chi connectivity index (χ0n) is 8.44. The molecule has 66 valence electrons. The van der Waals surface area contributed by atoms with Gasteiger partial charge in [-0.2, -0.15) is 5.26 Å². The highest BCUT2D eigenvalue weighted by atomic mass is 14.3. The Morgan fingerprint density at radius 1 is 1.42 bits per heavy atom. The highest BCUT2D eigenvalue weighted by molar-refractivity contribution is 5.45. The Balaban J connectivity index is 0.000000354. The molecule has 1 rings (SSSR count). The first-order valence-electron chi connectivity index (χ1n) is 4.42. The van der Waals surface area contributed by atoms with Gasteiger partial charge in [0, 0.05) is 0 Å². The van der Waals surface area contributed by atoms with E-state index in [1.807, 2.05) is 19.9 Å². The van der Waals surface area contributed by atoms with Gasteiger partial charge in [-0.1, -0.05) is 31.4 Å². The molecular weight excluding hydrogens is 146 g/mol. The molecule has 1 heteroatoms. The van der Waals surface area contributed by atoms with Crippen LogP contribution in [0.4, 0.5) is 0 Å². The fourth-order valence-corrected chi connectivity index (χ4v) is 1.06. The second-order valence-corrected chi connectivity index (χ2v) is 3.18. The van der Waals surface area contributed by atoms with Gasteiger partial charge in [-0.05, 0) is 26.3 Å². The molecule has 0 amide bonds. The van der Waals surface area contributed by atoms with Gasteiger partial charge >= 0.3 is 0 Å². The Hall–Kier alpha value is -1.03. The SMILES string of the molecule is CC1=CC(C#N)=C(C)C1.CCC. The molecule has 0 fully saturated rings. The number of hydrogen-bond acceptors (Lipinski definition) is 1. The van der Waals surface area contributed by atoms with Crippen LogP contribution in [0, 0.1) is 11.3 Å². The summed E-state index contributed by atoms with van der Waals surface area (Å²) in [6.45, 7) is 8.30. The molecule has 12 heavy (non-hydrogen) atoms. The van der Waals surface area contributed by atoms with E-state index in [0.29, 0.717) is 0 Å². The van der Waals surface area contributed by atoms with Crippen molar-refractivity contribution in [2.24, 2.45) is 0 Å². The maximum Gasteiger partial charge on any atom is 0.0991 e. The van der Waals surface area contributed by atoms with Crippen molar-refractivity contribution < 1.29 is 0 Å². The Kier molecular flexibility index (Phi) is 5.12. The van der Waals surface area contributed by atoms with Crippen LogP contribution in [0.15, 0.2) is 22.8 Å². The second kappa shape index (κ2) is 5.60. The summed E-state index contributed by atoms with van der Waals surface area (Å²) < 4.78 is 0. The standard InChI is InChI=1S/C8H9N.C3H8/c1-6-3-7(2)8(4-6)5-9;1-3-2/h4H,3H2,1-2H3;3H2,1-2H3. The highest BCUT2D eigenvalue weighted by Crippen LogP contribution is 2.23. The molecule has 0 saturated heterocycles. The summed E-state index contributed by atoms with van der Waals surface area (Å²) >= 11 is 0. The topological polar surface area (TPSA) is 23.8 Å². The van der Waals surface area contributed by atoms with Crippen molar-refractivity contribution >= 4 is 0 Å². The number of nitrogens with zero attached hydrogens (tertiary/aromatic N) is 1. The van der Waals surface area contributed by atoms with E-state index in [0.717, 1.165) is 12.0 Å². The quantitative estimate of drug-likeness (QED) is 0.535. The maximum atomic E-state index is 8.50. The van der Waals surface area contributed by atoms with Gasteiger partial charge in [0.25, 0.3) is 0 Å². The molecule has 0 spiro atoms. The Morgan fingerprint density at radius 2 is 1.92 bits per heavy atom. The molecule has 0 N–H and O–H groups in total. The highest BCUT2D eigenvalue weighted by Gasteiger charge is 2.06. The normalized spacial score (nSPS) is 14.8. The van der Waals surface area contributed by atoms with Crippen molar-refractivity contribution in [1.82, 2.24) is 0 Å². The zero-order chi connectivity index (χ0) is 9.56. The van der Waals surface area contributed by atoms with E-state index < -0.39 is 0 Å². The largest absolute Gasteiger partial charge is 0.192 e. The fraction of sp³-hybridized carbons (Fsp3) is 0.545. The minimum absolute atomic E-state index is 0.854. The predicted octanol–water partition coefficient (Wildman–Crippen LogP) is 3.59. The van der Waals surface area contributed by atoms with E-state index in [1.54, 1.807) is 0 Å². The Bertz CT molecular complexity index is 238. The maximum absolute atomic E-state index is 8.50. The lowest BCUT2D eigenvalue weighted by Gasteiger charge is -1.88. The smallest absolute Gasteiger partial charge is 0.0991 e. The van der Waals surface area contributed by atoms with Gasteiger partial charge in [0.15, 0.2) is 0 Å². The molecule has 1 aliphatic rings. The van der Waals surface area contributed by atoms with E-state index >= 15 is 0 Å². The van der Waals surface area contributed by atoms with Gasteiger partial charge in [-0.25, -0.2) is 0 Å². The fourth-order valence-electron chi connectivity index (χ4n) is 1.06. The molecule has 0 aliphatic heterocycles. The molecule has 0 unspecified atom stereocenters. The molecule has 0 bridgehead atoms. The van der Waals surface area contributed by atoms with Crippen LogP contribution in [0.1, 0.15) is 40.5 Å². The summed E-state index contributed by atoms with van der Waals surface area (Å²) in [6.07, 6.45) is 4.19. The third-order valence-electron chi connectivity index (χ3n) is 1.51. The van der Waals surface area contributed by atoms with E-state index in [2.05, 4.69) is 19.9 Å². The molecule has 0 atom stereocenters. The average molecular weight is 163 g/mol. The van der Waals surface area contributed by atoms with E-state index in [-0.39, 0.29) is 0 Å². The summed E-state index contributed by atoms with van der Waals surface area (Å²) in [5.41, 5.74) is 3.35. The minimum atomic E-state index is 0.854. The van der Waals surface area contributed by atoms with Crippen molar-refractivity contribution in [3.05, 3.63) is 22.8 Å². The molecule has 0 aromatic carbocycles. The number of nitriles is 1. The van der Waals surface area contributed by atoms with Crippen LogP contribution in [0.5, 0.6) is 0 Å². The monoisotopic (exact) mass is 163 g/mol. The molecule has 0 aromatic rings. The lowest BCUT2D eigenvalue weighted by molar-refractivity contribution is 1.09. The van der Waals surface area contributed by atoms with Gasteiger partial charge in [-0.15, -0.1) is 0 Å². The molecular formula is C11H17N. The third kappa shape index (κ3) is 3.39. The predicted molar refractivity (Wildman–Crippen MR) is 52.7 cm³/mol. The van der Waals surface area contributed by atoms with Gasteiger partial charge in [-0.3, -0.25) is 0 Å². The molecule has 0 heterocycles. The van der Waals surface area contributed by atoms with Crippen LogP contribution in [0.2, 0.25) is 0 Å². The van der Waals surface area contributed by atoms with Crippen LogP contribution in [-0.2, 0) is 0 Å². The summed E-state index contributed by atoms with van der Waals surface area (Å²) in [6, 6.07) is 2.15. The van der Waals surface area contributed by atoms with Crippen molar-refractivity contribution in [1.29, 1.82) is 5.26 Å². The summed E-state index contributed by atoms with van der Waals surface area (Å²) in [4.78, 5) is 0. The average Bonchev–Trinajstić information content (AvgIpc) is 2.31. The summed E-state index contributed by atoms with van der Waals surface area (Å²) in [5.74, 6) is 0. The van der Waals surface area contributed by atoms with Crippen LogP contribution in [-0.4, -0.2) is 0 Å². The number of allylic oxidation sites excluding steroid dienone is 4. The van der Waals surface area contributed by atoms with E-state index in [1.165, 1.54) is 17.6 Å². The second-order valence-electron chi connectivity index (χ2n) is 3.18. The number of hydrogen-bond donors (Lipinski definition) is 0. The van der Waals surface area contributed by atoms with Crippen LogP contribution >= 0.6 is 0 Å². The Labute approximate surface area is 75.4 Å². The van der Waals surface area contributed by atoms with Crippen LogP contribution in [0.3, 0.4) is 0 Å². The van der Waals surface area contributed by atoms with Gasteiger partial charge in [0.05, 0.1) is 11.6 Å². The third-order valence-corrected chi connectivity index (χ3v) is 1.51. The van der Waals surface area contributed by atoms with E-state index in [4.69, 9.17) is 5.26 Å². The van der Waals surface area contributed by atoms with Crippen LogP contribution in [0.25, 0.3) is 0 Å². The first kappa shape index (κ1) is 11.0. The van der Waals surface area contributed by atoms with Crippen molar-refractivity contribution in [3.63, 3.8) is 0 Å². The first-order valence-corrected chi connectivity index (χ1v) is 4.42. The molecule has 0 radical (unpaired) electrons. The minimum Gasteiger partial charge on any atom is -0.192 e. The van der Waals surface area contributed by atoms with Crippen LogP contribution < -0.4 is 0 Å². The van der Waals surface area contributed by atoms with Gasteiger partial charge < -0.3 is 0 Å². The number of rotatable bonds is 0. The van der Waals surface area contributed by atoms with E-state index in [9.17, 15) is 0 Å². The Morgan fingerprint density at radius 3 is 2.08 bits per heavy atom. The zero-order valence-corrected chi connectivity index (χ0v) is 8.44. The van der Waals surface area contributed by atoms with Gasteiger partial charge in [0.1, 0.15) is 0 Å². The molecule has 1 aliphatic carbocycles. The van der Waals surface area contributed by atoms with Gasteiger partial charge in [0.2, 0.25) is 0 Å². The van der Waals surface area contributed by atoms with Crippen molar-refractivity contribution in [2.45, 2.75) is 40.5 Å². The lowest BCUT2D eigenvalue weighted by atomic mass is 10.2. The first-order chi connectivity index (χ1) is 5.65.